The summed E-state index contributed by atoms with van der Waals surface area (Å²) in [5.41, 5.74) is -1.59. The Balaban J connectivity index is 1.35. The molecule has 14 heteroatoms. The Kier molecular flexibility index (Phi) is 8.69. The van der Waals surface area contributed by atoms with Crippen LogP contribution in [0.25, 0.3) is 10.9 Å². The third-order valence-corrected chi connectivity index (χ3v) is 8.55. The Morgan fingerprint density at radius 3 is 2.50 bits per heavy atom. The standard InChI is InChI=1S/C34H29F4N5O4S/c1-4-28-40-29-23(30(41-28)46-26-16-45-17-27(26)47-31(44)19-8-6-5-7-9-19)12-22(14-25(29)35)43-32(48)42(18-33(43,2)3)21-11-10-20(15-39)24(13-21)34(36,37)38/h5-14,26-27H,4,16-18H2,1-3H3/t26-,27-/m0/s1. The van der Waals surface area contributed by atoms with E-state index in [0.29, 0.717) is 23.5 Å². The first-order valence-electron chi connectivity index (χ1n) is 15.0. The second-order valence-electron chi connectivity index (χ2n) is 12.0. The summed E-state index contributed by atoms with van der Waals surface area (Å²) in [6, 6.07) is 16.3. The number of carbonyl (C=O) groups is 1. The van der Waals surface area contributed by atoms with Crippen molar-refractivity contribution in [2.24, 2.45) is 0 Å². The number of aryl methyl sites for hydroxylation is 1. The van der Waals surface area contributed by atoms with Gasteiger partial charge in [0.05, 0.1) is 46.9 Å². The van der Waals surface area contributed by atoms with Gasteiger partial charge in [-0.1, -0.05) is 25.1 Å². The maximum atomic E-state index is 15.9. The average molecular weight is 680 g/mol. The van der Waals surface area contributed by atoms with Crippen LogP contribution < -0.4 is 14.5 Å². The molecule has 2 atom stereocenters. The first kappa shape index (κ1) is 33.0. The summed E-state index contributed by atoms with van der Waals surface area (Å²) >= 11 is 5.78. The summed E-state index contributed by atoms with van der Waals surface area (Å²) in [6.45, 7) is 5.80. The van der Waals surface area contributed by atoms with E-state index >= 15 is 4.39 Å². The van der Waals surface area contributed by atoms with Crippen LogP contribution in [0.4, 0.5) is 28.9 Å². The Bertz CT molecular complexity index is 1950. The van der Waals surface area contributed by atoms with Crippen LogP contribution in [0.2, 0.25) is 0 Å². The number of aromatic nitrogens is 2. The summed E-state index contributed by atoms with van der Waals surface area (Å²) in [7, 11) is 0. The molecule has 48 heavy (non-hydrogen) atoms. The van der Waals surface area contributed by atoms with E-state index in [-0.39, 0.29) is 47.3 Å². The molecule has 2 aliphatic rings. The van der Waals surface area contributed by atoms with Crippen LogP contribution in [-0.2, 0) is 22.1 Å². The van der Waals surface area contributed by atoms with Crippen LogP contribution in [0.1, 0.15) is 48.1 Å². The first-order valence-corrected chi connectivity index (χ1v) is 15.4. The number of carbonyl (C=O) groups excluding carboxylic acids is 1. The molecule has 0 spiro atoms. The Labute approximate surface area is 278 Å². The molecule has 3 aromatic carbocycles. The van der Waals surface area contributed by atoms with Gasteiger partial charge in [0.15, 0.2) is 23.1 Å². The van der Waals surface area contributed by atoms with Gasteiger partial charge in [-0.05, 0) is 68.5 Å². The number of benzene rings is 3. The lowest BCUT2D eigenvalue weighted by Crippen LogP contribution is -2.42. The predicted molar refractivity (Wildman–Crippen MR) is 172 cm³/mol. The SMILES string of the molecule is CCc1nc(O[C@H]2COC[C@@H]2OC(=O)c2ccccc2)c2cc(N3C(=S)N(c4ccc(C#N)c(C(F)(F)F)c4)CC3(C)C)cc(F)c2n1. The Morgan fingerprint density at radius 1 is 1.08 bits per heavy atom. The monoisotopic (exact) mass is 679 g/mol. The number of hydrogen-bond donors (Lipinski definition) is 0. The highest BCUT2D eigenvalue weighted by Gasteiger charge is 2.44. The number of nitrogens with zero attached hydrogens (tertiary/aromatic N) is 5. The van der Waals surface area contributed by atoms with Crippen LogP contribution >= 0.6 is 12.2 Å². The number of alkyl halides is 3. The average Bonchev–Trinajstić information content (AvgIpc) is 3.59. The van der Waals surface area contributed by atoms with Gasteiger partial charge in [0.25, 0.3) is 0 Å². The van der Waals surface area contributed by atoms with Crippen LogP contribution in [-0.4, -0.2) is 58.6 Å². The Morgan fingerprint density at radius 2 is 1.81 bits per heavy atom. The molecule has 6 rings (SSSR count). The molecule has 0 unspecified atom stereocenters. The van der Waals surface area contributed by atoms with Crippen molar-refractivity contribution in [3.8, 4) is 11.9 Å². The van der Waals surface area contributed by atoms with Crippen molar-refractivity contribution < 1.29 is 36.6 Å². The van der Waals surface area contributed by atoms with Gasteiger partial charge in [-0.3, -0.25) is 0 Å². The topological polar surface area (TPSA) is 101 Å². The lowest BCUT2D eigenvalue weighted by atomic mass is 10.0. The van der Waals surface area contributed by atoms with Gasteiger partial charge in [-0.25, -0.2) is 14.2 Å². The maximum absolute atomic E-state index is 15.9. The van der Waals surface area contributed by atoms with Crippen LogP contribution in [0, 0.1) is 17.1 Å². The van der Waals surface area contributed by atoms with Crippen molar-refractivity contribution in [2.75, 3.05) is 29.6 Å². The molecule has 0 radical (unpaired) electrons. The van der Waals surface area contributed by atoms with E-state index < -0.39 is 46.8 Å². The zero-order valence-corrected chi connectivity index (χ0v) is 26.9. The third kappa shape index (κ3) is 6.23. The van der Waals surface area contributed by atoms with E-state index in [1.54, 1.807) is 47.4 Å². The minimum Gasteiger partial charge on any atom is -0.467 e. The summed E-state index contributed by atoms with van der Waals surface area (Å²) in [4.78, 5) is 24.9. The van der Waals surface area contributed by atoms with E-state index in [9.17, 15) is 23.2 Å². The summed E-state index contributed by atoms with van der Waals surface area (Å²) in [6.07, 6.45) is -5.90. The molecule has 0 aliphatic carbocycles. The van der Waals surface area contributed by atoms with Crippen LogP contribution in [0.5, 0.6) is 5.88 Å². The van der Waals surface area contributed by atoms with Crippen LogP contribution in [0.15, 0.2) is 60.7 Å². The van der Waals surface area contributed by atoms with Crippen molar-refractivity contribution in [3.05, 3.63) is 89.0 Å². The molecule has 2 aliphatic heterocycles. The first-order chi connectivity index (χ1) is 22.8. The molecular formula is C34H29F4N5O4S. The fourth-order valence-electron chi connectivity index (χ4n) is 5.83. The summed E-state index contributed by atoms with van der Waals surface area (Å²) in [5.74, 6) is -0.858. The molecule has 248 valence electrons. The molecule has 2 saturated heterocycles. The maximum Gasteiger partial charge on any atom is 0.417 e. The van der Waals surface area contributed by atoms with E-state index in [4.69, 9.17) is 26.4 Å². The largest absolute Gasteiger partial charge is 0.467 e. The minimum atomic E-state index is -4.75. The molecule has 0 N–H and O–H groups in total. The molecule has 4 aromatic rings. The molecule has 2 fully saturated rings. The van der Waals surface area contributed by atoms with E-state index in [2.05, 4.69) is 9.97 Å². The fourth-order valence-corrected chi connectivity index (χ4v) is 6.35. The zero-order chi connectivity index (χ0) is 34.4. The van der Waals surface area contributed by atoms with Crippen LogP contribution in [0.3, 0.4) is 0 Å². The quantitative estimate of drug-likeness (QED) is 0.120. The van der Waals surface area contributed by atoms with Crippen molar-refractivity contribution in [2.45, 2.75) is 51.1 Å². The smallest absolute Gasteiger partial charge is 0.417 e. The molecular weight excluding hydrogens is 650 g/mol. The number of fused-ring (bicyclic) bond motifs is 1. The second-order valence-corrected chi connectivity index (χ2v) is 12.3. The number of anilines is 2. The van der Waals surface area contributed by atoms with Gasteiger partial charge in [0.1, 0.15) is 11.3 Å². The molecule has 0 amide bonds. The highest BCUT2D eigenvalue weighted by Crippen LogP contribution is 2.41. The second kappa shape index (κ2) is 12.6. The van der Waals surface area contributed by atoms with Gasteiger partial charge >= 0.3 is 12.1 Å². The molecule has 1 aromatic heterocycles. The number of ether oxygens (including phenoxy) is 3. The van der Waals surface area contributed by atoms with Crippen molar-refractivity contribution in [1.82, 2.24) is 9.97 Å². The lowest BCUT2D eigenvalue weighted by molar-refractivity contribution is -0.137. The van der Waals surface area contributed by atoms with E-state index in [0.717, 1.165) is 12.1 Å². The normalized spacial score (nSPS) is 19.1. The number of esters is 1. The molecule has 0 bridgehead atoms. The number of hydrogen-bond acceptors (Lipinski definition) is 8. The van der Waals surface area contributed by atoms with Gasteiger partial charge in [0, 0.05) is 24.3 Å². The molecule has 3 heterocycles. The van der Waals surface area contributed by atoms with Crippen molar-refractivity contribution >= 4 is 45.6 Å². The number of thiocarbonyl (C=S) groups is 1. The van der Waals surface area contributed by atoms with Gasteiger partial charge in [-0.2, -0.15) is 23.4 Å². The van der Waals surface area contributed by atoms with Gasteiger partial charge in [-0.15, -0.1) is 0 Å². The van der Waals surface area contributed by atoms with Crippen molar-refractivity contribution in [1.29, 1.82) is 5.26 Å². The highest BCUT2D eigenvalue weighted by atomic mass is 32.1. The summed E-state index contributed by atoms with van der Waals surface area (Å²) < 4.78 is 74.8. The number of rotatable bonds is 7. The number of nitriles is 1. The molecule has 9 nitrogen and oxygen atoms in total. The summed E-state index contributed by atoms with van der Waals surface area (Å²) in [5, 5.41) is 9.59. The predicted octanol–water partition coefficient (Wildman–Crippen LogP) is 6.62. The zero-order valence-electron chi connectivity index (χ0n) is 26.0. The van der Waals surface area contributed by atoms with E-state index in [1.807, 2.05) is 20.8 Å². The van der Waals surface area contributed by atoms with Crippen molar-refractivity contribution in [3.63, 3.8) is 0 Å². The Hall–Kier alpha value is -4.87. The minimum absolute atomic E-state index is 0.000894. The van der Waals surface area contributed by atoms with Gasteiger partial charge in [0.2, 0.25) is 5.88 Å². The van der Waals surface area contributed by atoms with E-state index in [1.165, 1.54) is 17.0 Å². The highest BCUT2D eigenvalue weighted by molar-refractivity contribution is 7.80. The fraction of sp³-hybridized carbons (Fsp3) is 0.324. The number of halogens is 4. The van der Waals surface area contributed by atoms with Gasteiger partial charge < -0.3 is 24.0 Å². The third-order valence-electron chi connectivity index (χ3n) is 8.15. The lowest BCUT2D eigenvalue weighted by Gasteiger charge is -2.31. The molecule has 0 saturated carbocycles.